The largest absolute Gasteiger partial charge is 0.329 e. The van der Waals surface area contributed by atoms with Gasteiger partial charge in [0.25, 0.3) is 5.56 Å². The predicted molar refractivity (Wildman–Crippen MR) is 99.1 cm³/mol. The van der Waals surface area contributed by atoms with E-state index in [-0.39, 0.29) is 5.56 Å². The zero-order valence-electron chi connectivity index (χ0n) is 14.4. The summed E-state index contributed by atoms with van der Waals surface area (Å²) < 4.78 is 0. The summed E-state index contributed by atoms with van der Waals surface area (Å²) in [5.74, 6) is 0.867. The number of aryl methyl sites for hydroxylation is 1. The Balaban J connectivity index is 1.33. The number of rotatable bonds is 7. The molecule has 128 valence electrons. The zero-order valence-corrected chi connectivity index (χ0v) is 14.4. The smallest absolute Gasteiger partial charge is 0.252 e. The molecular formula is C21H28N2O. The summed E-state index contributed by atoms with van der Waals surface area (Å²) in [7, 11) is 0. The Labute approximate surface area is 144 Å². The molecule has 1 aromatic carbocycles. The number of H-pyrrole nitrogens is 1. The lowest BCUT2D eigenvalue weighted by Crippen LogP contribution is -2.34. The van der Waals surface area contributed by atoms with Crippen LogP contribution in [0.15, 0.2) is 53.5 Å². The van der Waals surface area contributed by atoms with Crippen molar-refractivity contribution in [3.8, 4) is 0 Å². The summed E-state index contributed by atoms with van der Waals surface area (Å²) in [6, 6.07) is 14.6. The van der Waals surface area contributed by atoms with E-state index in [1.807, 2.05) is 12.1 Å². The lowest BCUT2D eigenvalue weighted by atomic mass is 9.90. The Hall–Kier alpha value is -1.87. The number of hydrogen-bond donors (Lipinski definition) is 1. The third-order valence-corrected chi connectivity index (χ3v) is 5.17. The molecule has 1 aromatic heterocycles. The van der Waals surface area contributed by atoms with Crippen molar-refractivity contribution in [1.29, 1.82) is 0 Å². The molecule has 0 spiro atoms. The van der Waals surface area contributed by atoms with Crippen LogP contribution >= 0.6 is 0 Å². The molecule has 0 aliphatic carbocycles. The second-order valence-corrected chi connectivity index (χ2v) is 6.98. The molecule has 0 unspecified atom stereocenters. The third-order valence-electron chi connectivity index (χ3n) is 5.17. The molecule has 0 bridgehead atoms. The maximum Gasteiger partial charge on any atom is 0.252 e. The van der Waals surface area contributed by atoms with Gasteiger partial charge in [0.05, 0.1) is 0 Å². The minimum absolute atomic E-state index is 0.0561. The highest BCUT2D eigenvalue weighted by molar-refractivity contribution is 5.14. The Morgan fingerprint density at radius 2 is 1.79 bits per heavy atom. The summed E-state index contributed by atoms with van der Waals surface area (Å²) in [5.41, 5.74) is 2.40. The number of aromatic nitrogens is 1. The van der Waals surface area contributed by atoms with E-state index in [0.29, 0.717) is 0 Å². The van der Waals surface area contributed by atoms with Gasteiger partial charge in [-0.25, -0.2) is 0 Å². The maximum atomic E-state index is 11.8. The number of aromatic amines is 1. The van der Waals surface area contributed by atoms with Crippen molar-refractivity contribution in [3.63, 3.8) is 0 Å². The molecule has 2 aromatic rings. The quantitative estimate of drug-likeness (QED) is 0.782. The van der Waals surface area contributed by atoms with Crippen LogP contribution in [-0.4, -0.2) is 23.0 Å². The summed E-state index contributed by atoms with van der Waals surface area (Å²) in [6.07, 6.45) is 9.43. The van der Waals surface area contributed by atoms with Crippen molar-refractivity contribution in [2.75, 3.05) is 13.1 Å². The summed E-state index contributed by atoms with van der Waals surface area (Å²) in [6.45, 7) is 3.03. The summed E-state index contributed by atoms with van der Waals surface area (Å²) >= 11 is 0. The first-order chi connectivity index (χ1) is 11.8. The first-order valence-electron chi connectivity index (χ1n) is 9.24. The second kappa shape index (κ2) is 8.84. The molecule has 1 saturated heterocycles. The Morgan fingerprint density at radius 3 is 2.54 bits per heavy atom. The van der Waals surface area contributed by atoms with Crippen molar-refractivity contribution >= 4 is 0 Å². The fourth-order valence-electron chi connectivity index (χ4n) is 3.66. The number of unbranched alkanes of at least 4 members (excludes halogenated alkanes) is 1. The number of nitrogens with zero attached hydrogens (tertiary/aromatic N) is 1. The van der Waals surface area contributed by atoms with Gasteiger partial charge in [0.15, 0.2) is 0 Å². The molecule has 1 aliphatic rings. The lowest BCUT2D eigenvalue weighted by molar-refractivity contribution is 0.170. The van der Waals surface area contributed by atoms with E-state index in [0.717, 1.165) is 31.1 Å². The van der Waals surface area contributed by atoms with Gasteiger partial charge in [-0.15, -0.1) is 0 Å². The van der Waals surface area contributed by atoms with Crippen LogP contribution in [0.25, 0.3) is 0 Å². The fraction of sp³-hybridized carbons (Fsp3) is 0.476. The van der Waals surface area contributed by atoms with Gasteiger partial charge in [-0.05, 0) is 56.3 Å². The number of hydrogen-bond acceptors (Lipinski definition) is 2. The molecule has 0 saturated carbocycles. The Morgan fingerprint density at radius 1 is 1.00 bits per heavy atom. The zero-order chi connectivity index (χ0) is 16.6. The summed E-state index contributed by atoms with van der Waals surface area (Å²) in [5, 5.41) is 0. The van der Waals surface area contributed by atoms with Gasteiger partial charge < -0.3 is 4.98 Å². The second-order valence-electron chi connectivity index (χ2n) is 6.98. The normalized spacial score (nSPS) is 16.3. The van der Waals surface area contributed by atoms with Crippen LogP contribution < -0.4 is 5.56 Å². The highest BCUT2D eigenvalue weighted by atomic mass is 16.1. The van der Waals surface area contributed by atoms with Gasteiger partial charge >= 0.3 is 0 Å². The SMILES string of the molecule is O=c1[nH]cccc1CN1CCC(CCCCc2ccccc2)CC1. The standard InChI is InChI=1S/C21H28N2O/c24-21-20(11-6-14-22-21)17-23-15-12-19(13-16-23)10-5-4-9-18-7-2-1-3-8-18/h1-3,6-8,11,14,19H,4-5,9-10,12-13,15-17H2,(H,22,24). The first-order valence-corrected chi connectivity index (χ1v) is 9.24. The van der Waals surface area contributed by atoms with E-state index in [1.54, 1.807) is 6.20 Å². The van der Waals surface area contributed by atoms with E-state index in [4.69, 9.17) is 0 Å². The van der Waals surface area contributed by atoms with Crippen molar-refractivity contribution < 1.29 is 0 Å². The minimum Gasteiger partial charge on any atom is -0.329 e. The third kappa shape index (κ3) is 5.07. The molecule has 24 heavy (non-hydrogen) atoms. The highest BCUT2D eigenvalue weighted by Crippen LogP contribution is 2.23. The predicted octanol–water partition coefficient (Wildman–Crippen LogP) is 4.00. The van der Waals surface area contributed by atoms with Gasteiger partial charge in [0, 0.05) is 18.3 Å². The van der Waals surface area contributed by atoms with E-state index in [9.17, 15) is 4.79 Å². The van der Waals surface area contributed by atoms with Crippen molar-refractivity contribution in [2.45, 2.75) is 45.1 Å². The molecule has 3 heteroatoms. The fourth-order valence-corrected chi connectivity index (χ4v) is 3.66. The number of piperidine rings is 1. The molecule has 1 aliphatic heterocycles. The van der Waals surface area contributed by atoms with E-state index < -0.39 is 0 Å². The number of likely N-dealkylation sites (tertiary alicyclic amines) is 1. The van der Waals surface area contributed by atoms with Crippen LogP contribution in [0.5, 0.6) is 0 Å². The van der Waals surface area contributed by atoms with Crippen LogP contribution in [0.1, 0.15) is 43.2 Å². The summed E-state index contributed by atoms with van der Waals surface area (Å²) in [4.78, 5) is 17.0. The van der Waals surface area contributed by atoms with Crippen molar-refractivity contribution in [1.82, 2.24) is 9.88 Å². The molecular weight excluding hydrogens is 296 g/mol. The van der Waals surface area contributed by atoms with E-state index in [2.05, 4.69) is 40.2 Å². The maximum absolute atomic E-state index is 11.8. The van der Waals surface area contributed by atoms with Crippen LogP contribution in [0.3, 0.4) is 0 Å². The Kier molecular flexibility index (Phi) is 6.25. The van der Waals surface area contributed by atoms with Crippen LogP contribution in [-0.2, 0) is 13.0 Å². The molecule has 1 fully saturated rings. The highest BCUT2D eigenvalue weighted by Gasteiger charge is 2.19. The topological polar surface area (TPSA) is 36.1 Å². The lowest BCUT2D eigenvalue weighted by Gasteiger charge is -2.31. The number of pyridine rings is 1. The average molecular weight is 324 g/mol. The average Bonchev–Trinajstić information content (AvgIpc) is 2.63. The monoisotopic (exact) mass is 324 g/mol. The van der Waals surface area contributed by atoms with Crippen molar-refractivity contribution in [3.05, 3.63) is 70.1 Å². The van der Waals surface area contributed by atoms with Crippen LogP contribution in [0.2, 0.25) is 0 Å². The molecule has 3 rings (SSSR count). The Bertz CT molecular complexity index is 657. The molecule has 0 radical (unpaired) electrons. The van der Waals surface area contributed by atoms with E-state index in [1.165, 1.54) is 44.1 Å². The van der Waals surface area contributed by atoms with Gasteiger partial charge in [0.1, 0.15) is 0 Å². The van der Waals surface area contributed by atoms with Crippen LogP contribution in [0, 0.1) is 5.92 Å². The van der Waals surface area contributed by atoms with Gasteiger partial charge in [-0.2, -0.15) is 0 Å². The molecule has 0 amide bonds. The van der Waals surface area contributed by atoms with Crippen LogP contribution in [0.4, 0.5) is 0 Å². The first kappa shape index (κ1) is 17.0. The van der Waals surface area contributed by atoms with E-state index >= 15 is 0 Å². The molecule has 1 N–H and O–H groups in total. The number of benzene rings is 1. The van der Waals surface area contributed by atoms with Gasteiger partial charge in [-0.3, -0.25) is 9.69 Å². The minimum atomic E-state index is 0.0561. The number of nitrogens with one attached hydrogen (secondary N) is 1. The van der Waals surface area contributed by atoms with Crippen molar-refractivity contribution in [2.24, 2.45) is 5.92 Å². The molecule has 2 heterocycles. The van der Waals surface area contributed by atoms with Gasteiger partial charge in [-0.1, -0.05) is 49.2 Å². The molecule has 0 atom stereocenters. The molecule has 3 nitrogen and oxygen atoms in total. The van der Waals surface area contributed by atoms with Gasteiger partial charge in [0.2, 0.25) is 0 Å².